The van der Waals surface area contributed by atoms with Crippen molar-refractivity contribution in [1.82, 2.24) is 5.32 Å². The van der Waals surface area contributed by atoms with Crippen LogP contribution in [0.5, 0.6) is 0 Å². The molecule has 3 N–H and O–H groups in total. The van der Waals surface area contributed by atoms with Crippen LogP contribution in [0.1, 0.15) is 245 Å². The third kappa shape index (κ3) is 41.7. The molecule has 0 aliphatic rings. The van der Waals surface area contributed by atoms with E-state index in [2.05, 4.69) is 55.6 Å². The monoisotopic (exact) mass is 788 g/mol. The number of aliphatic hydroxyl groups is 2. The van der Waals surface area contributed by atoms with Gasteiger partial charge >= 0.3 is 5.97 Å². The zero-order chi connectivity index (χ0) is 40.8. The Labute approximate surface area is 347 Å². The Morgan fingerprint density at radius 1 is 0.500 bits per heavy atom. The molecule has 0 heterocycles. The normalized spacial score (nSPS) is 13.0. The zero-order valence-electron chi connectivity index (χ0n) is 37.1. The van der Waals surface area contributed by atoms with Gasteiger partial charge in [0.1, 0.15) is 0 Å². The molecule has 0 saturated carbocycles. The lowest BCUT2D eigenvalue weighted by Crippen LogP contribution is -2.45. The number of aliphatic hydroxyl groups excluding tert-OH is 2. The summed E-state index contributed by atoms with van der Waals surface area (Å²) >= 11 is 0. The number of esters is 1. The molecule has 0 rings (SSSR count). The molecule has 0 aliphatic heterocycles. The highest BCUT2D eigenvalue weighted by Crippen LogP contribution is 2.15. The van der Waals surface area contributed by atoms with Gasteiger partial charge in [-0.25, -0.2) is 0 Å². The Bertz CT molecular complexity index is 915. The second kappa shape index (κ2) is 45.8. The zero-order valence-corrected chi connectivity index (χ0v) is 37.1. The Hall–Kier alpha value is -1.92. The predicted octanol–water partition coefficient (Wildman–Crippen LogP) is 14.1. The SMILES string of the molecule is CCC/C=C\C/C=C\CCCCCCCC(=O)OCCCC/C=C\CCCCCCCC(=O)NC(CO)C(O)CCCCCCCCCCCCCCCCC. The topological polar surface area (TPSA) is 95.9 Å². The summed E-state index contributed by atoms with van der Waals surface area (Å²) < 4.78 is 5.41. The molecule has 0 aromatic rings. The second-order valence-electron chi connectivity index (χ2n) is 16.4. The molecule has 0 radical (unpaired) electrons. The maximum atomic E-state index is 12.4. The van der Waals surface area contributed by atoms with Crippen LogP contribution in [0.15, 0.2) is 36.5 Å². The van der Waals surface area contributed by atoms with Crippen molar-refractivity contribution in [2.24, 2.45) is 0 Å². The van der Waals surface area contributed by atoms with Gasteiger partial charge in [-0.05, 0) is 77.0 Å². The van der Waals surface area contributed by atoms with Gasteiger partial charge in [0.05, 0.1) is 25.4 Å². The molecule has 0 aromatic carbocycles. The van der Waals surface area contributed by atoms with Crippen molar-refractivity contribution in [3.63, 3.8) is 0 Å². The van der Waals surface area contributed by atoms with E-state index in [1.807, 2.05) is 0 Å². The molecule has 56 heavy (non-hydrogen) atoms. The van der Waals surface area contributed by atoms with E-state index in [1.165, 1.54) is 116 Å². The van der Waals surface area contributed by atoms with Gasteiger partial charge in [-0.2, -0.15) is 0 Å². The van der Waals surface area contributed by atoms with Gasteiger partial charge in [0.15, 0.2) is 0 Å². The Morgan fingerprint density at radius 2 is 0.929 bits per heavy atom. The molecule has 2 unspecified atom stereocenters. The highest BCUT2D eigenvalue weighted by molar-refractivity contribution is 5.76. The fourth-order valence-corrected chi connectivity index (χ4v) is 7.14. The average molecular weight is 788 g/mol. The summed E-state index contributed by atoms with van der Waals surface area (Å²) in [6.45, 7) is 4.79. The molecule has 6 nitrogen and oxygen atoms in total. The molecule has 0 aliphatic carbocycles. The average Bonchev–Trinajstić information content (AvgIpc) is 3.20. The number of carbonyl (C=O) groups is 2. The lowest BCUT2D eigenvalue weighted by molar-refractivity contribution is -0.143. The van der Waals surface area contributed by atoms with Crippen LogP contribution < -0.4 is 5.32 Å². The fraction of sp³-hybridized carbons (Fsp3) is 0.840. The van der Waals surface area contributed by atoms with E-state index < -0.39 is 12.1 Å². The molecule has 2 atom stereocenters. The number of hydrogen-bond acceptors (Lipinski definition) is 5. The number of carbonyl (C=O) groups excluding carboxylic acids is 2. The van der Waals surface area contributed by atoms with Gasteiger partial charge in [-0.1, -0.05) is 192 Å². The molecule has 328 valence electrons. The number of amides is 1. The van der Waals surface area contributed by atoms with Crippen molar-refractivity contribution >= 4 is 11.9 Å². The lowest BCUT2D eigenvalue weighted by atomic mass is 10.0. The first-order chi connectivity index (χ1) is 27.5. The summed E-state index contributed by atoms with van der Waals surface area (Å²) in [6.07, 6.45) is 53.9. The van der Waals surface area contributed by atoms with Crippen LogP contribution >= 0.6 is 0 Å². The Kier molecular flexibility index (Phi) is 44.2. The number of allylic oxidation sites excluding steroid dienone is 6. The molecule has 0 aromatic heterocycles. The Balaban J connectivity index is 3.55. The number of nitrogens with one attached hydrogen (secondary N) is 1. The summed E-state index contributed by atoms with van der Waals surface area (Å²) in [5.41, 5.74) is 0. The van der Waals surface area contributed by atoms with E-state index >= 15 is 0 Å². The summed E-state index contributed by atoms with van der Waals surface area (Å²) in [5, 5.41) is 23.2. The van der Waals surface area contributed by atoms with Crippen LogP contribution in [0.2, 0.25) is 0 Å². The lowest BCUT2D eigenvalue weighted by Gasteiger charge is -2.22. The van der Waals surface area contributed by atoms with Crippen LogP contribution in [-0.2, 0) is 14.3 Å². The van der Waals surface area contributed by atoms with Crippen molar-refractivity contribution in [3.8, 4) is 0 Å². The number of hydrogen-bond donors (Lipinski definition) is 3. The van der Waals surface area contributed by atoms with Gasteiger partial charge in [-0.15, -0.1) is 0 Å². The second-order valence-corrected chi connectivity index (χ2v) is 16.4. The highest BCUT2D eigenvalue weighted by Gasteiger charge is 2.20. The van der Waals surface area contributed by atoms with Gasteiger partial charge < -0.3 is 20.3 Å². The first-order valence-corrected chi connectivity index (χ1v) is 24.2. The molecular formula is C50H93NO5. The molecular weight excluding hydrogens is 695 g/mol. The quantitative estimate of drug-likeness (QED) is 0.0325. The van der Waals surface area contributed by atoms with E-state index in [-0.39, 0.29) is 18.5 Å². The van der Waals surface area contributed by atoms with Crippen LogP contribution in [0, 0.1) is 0 Å². The molecule has 6 heteroatoms. The minimum absolute atomic E-state index is 0.0471. The summed E-state index contributed by atoms with van der Waals surface area (Å²) in [6, 6.07) is -0.563. The van der Waals surface area contributed by atoms with E-state index in [1.54, 1.807) is 0 Å². The number of ether oxygens (including phenoxy) is 1. The molecule has 1 amide bonds. The third-order valence-corrected chi connectivity index (χ3v) is 10.9. The first kappa shape index (κ1) is 54.1. The molecule has 0 saturated heterocycles. The first-order valence-electron chi connectivity index (χ1n) is 24.2. The van der Waals surface area contributed by atoms with Gasteiger partial charge in [0, 0.05) is 12.8 Å². The van der Waals surface area contributed by atoms with Crippen LogP contribution in [-0.4, -0.2) is 47.4 Å². The summed E-state index contributed by atoms with van der Waals surface area (Å²) in [5.74, 6) is -0.113. The Morgan fingerprint density at radius 3 is 1.45 bits per heavy atom. The van der Waals surface area contributed by atoms with Crippen LogP contribution in [0.4, 0.5) is 0 Å². The standard InChI is InChI=1S/C50H93NO5/c1-3-5-7-9-11-13-15-17-18-20-22-26-30-34-38-42-48(53)47(46-52)51-49(54)43-39-35-31-27-23-21-25-29-33-37-41-45-56-50(55)44-40-36-32-28-24-19-16-14-12-10-8-6-4-2/h8,10,14,16,25,29,47-48,52-53H,3-7,9,11-13,15,17-24,26-28,30-46H2,1-2H3,(H,51,54)/b10-8-,16-14-,29-25-. The van der Waals surface area contributed by atoms with Crippen LogP contribution in [0.25, 0.3) is 0 Å². The third-order valence-electron chi connectivity index (χ3n) is 10.9. The largest absolute Gasteiger partial charge is 0.466 e. The van der Waals surface area contributed by atoms with Crippen molar-refractivity contribution in [2.45, 2.75) is 257 Å². The van der Waals surface area contributed by atoms with Gasteiger partial charge in [-0.3, -0.25) is 9.59 Å². The van der Waals surface area contributed by atoms with Gasteiger partial charge in [0.25, 0.3) is 0 Å². The molecule has 0 bridgehead atoms. The minimum atomic E-state index is -0.683. The van der Waals surface area contributed by atoms with Crippen molar-refractivity contribution in [3.05, 3.63) is 36.5 Å². The minimum Gasteiger partial charge on any atom is -0.466 e. The van der Waals surface area contributed by atoms with E-state index in [9.17, 15) is 19.8 Å². The fourth-order valence-electron chi connectivity index (χ4n) is 7.14. The maximum absolute atomic E-state index is 12.4. The van der Waals surface area contributed by atoms with Crippen molar-refractivity contribution in [1.29, 1.82) is 0 Å². The van der Waals surface area contributed by atoms with E-state index in [4.69, 9.17) is 4.74 Å². The van der Waals surface area contributed by atoms with Crippen molar-refractivity contribution < 1.29 is 24.5 Å². The van der Waals surface area contributed by atoms with E-state index in [0.717, 1.165) is 96.3 Å². The van der Waals surface area contributed by atoms with E-state index in [0.29, 0.717) is 25.9 Å². The molecule has 0 spiro atoms. The predicted molar refractivity (Wildman–Crippen MR) is 241 cm³/mol. The number of unbranched alkanes of at least 4 members (excludes halogenated alkanes) is 27. The summed E-state index contributed by atoms with van der Waals surface area (Å²) in [4.78, 5) is 24.4. The smallest absolute Gasteiger partial charge is 0.305 e. The van der Waals surface area contributed by atoms with Crippen molar-refractivity contribution in [2.75, 3.05) is 13.2 Å². The van der Waals surface area contributed by atoms with Gasteiger partial charge in [0.2, 0.25) is 5.91 Å². The molecule has 0 fully saturated rings. The highest BCUT2D eigenvalue weighted by atomic mass is 16.5. The summed E-state index contributed by atoms with van der Waals surface area (Å²) in [7, 11) is 0. The maximum Gasteiger partial charge on any atom is 0.305 e. The van der Waals surface area contributed by atoms with Crippen LogP contribution in [0.3, 0.4) is 0 Å². The number of rotatable bonds is 44.